The van der Waals surface area contributed by atoms with Gasteiger partial charge >= 0.3 is 0 Å². The van der Waals surface area contributed by atoms with Gasteiger partial charge in [0.05, 0.1) is 9.58 Å². The Morgan fingerprint density at radius 2 is 1.92 bits per heavy atom. The number of hydrogen-bond donors (Lipinski definition) is 0. The van der Waals surface area contributed by atoms with Crippen molar-refractivity contribution in [2.24, 2.45) is 0 Å². The van der Waals surface area contributed by atoms with E-state index >= 15 is 0 Å². The number of hydrogen-bond acceptors (Lipinski definition) is 1. The Balaban J connectivity index is 2.90. The molecule has 0 saturated carbocycles. The van der Waals surface area contributed by atoms with Crippen LogP contribution in [0.25, 0.3) is 10.1 Å². The molecule has 1 aromatic carbocycles. The Labute approximate surface area is 97.2 Å². The maximum Gasteiger partial charge on any atom is 0.0779 e. The summed E-state index contributed by atoms with van der Waals surface area (Å²) < 4.78 is 3.38. The van der Waals surface area contributed by atoms with Crippen LogP contribution in [-0.4, -0.2) is 0 Å². The summed E-state index contributed by atoms with van der Waals surface area (Å²) in [5, 5.41) is 1.17. The molecule has 3 heteroatoms. The molecular formula is C10H4Br2S. The molecule has 64 valence electrons. The van der Waals surface area contributed by atoms with Crippen LogP contribution in [0.4, 0.5) is 0 Å². The van der Waals surface area contributed by atoms with Crippen molar-refractivity contribution in [1.82, 2.24) is 0 Å². The van der Waals surface area contributed by atoms with E-state index in [4.69, 9.17) is 6.42 Å². The molecule has 13 heavy (non-hydrogen) atoms. The van der Waals surface area contributed by atoms with Gasteiger partial charge in [-0.2, -0.15) is 0 Å². The van der Waals surface area contributed by atoms with Gasteiger partial charge < -0.3 is 0 Å². The van der Waals surface area contributed by atoms with E-state index in [0.717, 1.165) is 13.8 Å². The van der Waals surface area contributed by atoms with Crippen molar-refractivity contribution < 1.29 is 0 Å². The van der Waals surface area contributed by atoms with Crippen molar-refractivity contribution in [3.63, 3.8) is 0 Å². The molecule has 1 aromatic heterocycles. The van der Waals surface area contributed by atoms with E-state index in [1.807, 2.05) is 18.2 Å². The van der Waals surface area contributed by atoms with Gasteiger partial charge in [0.2, 0.25) is 0 Å². The Hall–Kier alpha value is -0.300. The Morgan fingerprint density at radius 1 is 1.23 bits per heavy atom. The summed E-state index contributed by atoms with van der Waals surface area (Å²) in [7, 11) is 0. The first-order chi connectivity index (χ1) is 6.22. The maximum atomic E-state index is 5.34. The first-order valence-corrected chi connectivity index (χ1v) is 5.97. The molecule has 2 rings (SSSR count). The van der Waals surface area contributed by atoms with Crippen LogP contribution in [0.1, 0.15) is 4.88 Å². The van der Waals surface area contributed by atoms with Crippen LogP contribution < -0.4 is 0 Å². The molecule has 0 radical (unpaired) electrons. The quantitative estimate of drug-likeness (QED) is 0.632. The van der Waals surface area contributed by atoms with E-state index in [-0.39, 0.29) is 0 Å². The van der Waals surface area contributed by atoms with Crippen molar-refractivity contribution in [2.45, 2.75) is 0 Å². The number of rotatable bonds is 0. The second-order valence-corrected chi connectivity index (χ2v) is 5.29. The molecule has 2 aromatic rings. The molecule has 0 aliphatic heterocycles. The van der Waals surface area contributed by atoms with Crippen molar-refractivity contribution in [3.8, 4) is 12.3 Å². The van der Waals surface area contributed by atoms with E-state index in [1.165, 1.54) is 10.1 Å². The van der Waals surface area contributed by atoms with E-state index < -0.39 is 0 Å². The lowest BCUT2D eigenvalue weighted by Gasteiger charge is -1.94. The second kappa shape index (κ2) is 3.45. The highest BCUT2D eigenvalue weighted by Gasteiger charge is 2.06. The molecule has 1 heterocycles. The summed E-state index contributed by atoms with van der Waals surface area (Å²) in [4.78, 5) is 0.961. The fourth-order valence-corrected chi connectivity index (χ4v) is 3.19. The fourth-order valence-electron chi connectivity index (χ4n) is 1.13. The van der Waals surface area contributed by atoms with Gasteiger partial charge in [-0.1, -0.05) is 21.9 Å². The van der Waals surface area contributed by atoms with Crippen LogP contribution in [-0.2, 0) is 0 Å². The topological polar surface area (TPSA) is 0 Å². The lowest BCUT2D eigenvalue weighted by Crippen LogP contribution is -1.67. The van der Waals surface area contributed by atoms with E-state index in [9.17, 15) is 0 Å². The highest BCUT2D eigenvalue weighted by Crippen LogP contribution is 2.36. The van der Waals surface area contributed by atoms with Gasteiger partial charge in [0.1, 0.15) is 0 Å². The van der Waals surface area contributed by atoms with Crippen LogP contribution in [0.2, 0.25) is 0 Å². The molecular weight excluding hydrogens is 312 g/mol. The minimum atomic E-state index is 0.961. The molecule has 0 N–H and O–H groups in total. The van der Waals surface area contributed by atoms with E-state index in [0.29, 0.717) is 0 Å². The van der Waals surface area contributed by atoms with Crippen molar-refractivity contribution in [3.05, 3.63) is 32.0 Å². The van der Waals surface area contributed by atoms with Gasteiger partial charge in [0.25, 0.3) is 0 Å². The molecule has 0 spiro atoms. The van der Waals surface area contributed by atoms with Gasteiger partial charge in [0.15, 0.2) is 0 Å². The minimum Gasteiger partial charge on any atom is -0.125 e. The second-order valence-electron chi connectivity index (χ2n) is 2.53. The number of thiophene rings is 1. The molecule has 0 aliphatic carbocycles. The minimum absolute atomic E-state index is 0.961. The molecule has 0 bridgehead atoms. The summed E-state index contributed by atoms with van der Waals surface area (Å²) >= 11 is 8.61. The van der Waals surface area contributed by atoms with Crippen molar-refractivity contribution in [1.29, 1.82) is 0 Å². The van der Waals surface area contributed by atoms with Crippen LogP contribution in [0, 0.1) is 12.3 Å². The number of halogens is 2. The van der Waals surface area contributed by atoms with Gasteiger partial charge in [-0.25, -0.2) is 0 Å². The third-order valence-electron chi connectivity index (χ3n) is 1.72. The van der Waals surface area contributed by atoms with Gasteiger partial charge in [-0.05, 0) is 34.1 Å². The van der Waals surface area contributed by atoms with Gasteiger partial charge in [-0.15, -0.1) is 17.8 Å². The molecule has 0 aliphatic rings. The summed E-state index contributed by atoms with van der Waals surface area (Å²) in [5.74, 6) is 2.65. The summed E-state index contributed by atoms with van der Waals surface area (Å²) in [6.07, 6.45) is 5.34. The molecule has 0 unspecified atom stereocenters. The first kappa shape index (κ1) is 9.26. The fraction of sp³-hybridized carbons (Fsp3) is 0. The monoisotopic (exact) mass is 314 g/mol. The molecule has 0 saturated heterocycles. The molecule has 0 amide bonds. The predicted octanol–water partition coefficient (Wildman–Crippen LogP) is 4.41. The van der Waals surface area contributed by atoms with Crippen LogP contribution in [0.3, 0.4) is 0 Å². The zero-order valence-corrected chi connectivity index (χ0v) is 10.5. The number of benzene rings is 1. The third-order valence-corrected chi connectivity index (χ3v) is 4.44. The normalized spacial score (nSPS) is 10.2. The molecule has 0 fully saturated rings. The van der Waals surface area contributed by atoms with Crippen molar-refractivity contribution >= 4 is 53.3 Å². The Morgan fingerprint density at radius 3 is 2.54 bits per heavy atom. The smallest absolute Gasteiger partial charge is 0.0779 e. The average molecular weight is 316 g/mol. The van der Waals surface area contributed by atoms with Gasteiger partial charge in [-0.3, -0.25) is 0 Å². The van der Waals surface area contributed by atoms with Crippen LogP contribution in [0.5, 0.6) is 0 Å². The molecule has 0 nitrogen and oxygen atoms in total. The summed E-state index contributed by atoms with van der Waals surface area (Å²) in [5.41, 5.74) is 0. The standard InChI is InChI=1S/C10H4Br2S/c1-2-6-5-7-8(11)3-4-9(12)10(7)13-6/h1,3-5H. The largest absolute Gasteiger partial charge is 0.125 e. The van der Waals surface area contributed by atoms with Gasteiger partial charge in [0, 0.05) is 14.3 Å². The Kier molecular flexibility index (Phi) is 2.46. The van der Waals surface area contributed by atoms with Crippen LogP contribution >= 0.6 is 43.2 Å². The average Bonchev–Trinajstić information content (AvgIpc) is 2.56. The third kappa shape index (κ3) is 1.54. The summed E-state index contributed by atoms with van der Waals surface area (Å²) in [6, 6.07) is 6.05. The highest BCUT2D eigenvalue weighted by molar-refractivity contribution is 9.11. The van der Waals surface area contributed by atoms with Crippen LogP contribution in [0.15, 0.2) is 27.1 Å². The lowest BCUT2D eigenvalue weighted by atomic mass is 10.2. The lowest BCUT2D eigenvalue weighted by molar-refractivity contribution is 1.74. The Bertz CT molecular complexity index is 466. The zero-order chi connectivity index (χ0) is 9.42. The summed E-state index contributed by atoms with van der Waals surface area (Å²) in [6.45, 7) is 0. The SMILES string of the molecule is C#Cc1cc2c(Br)ccc(Br)c2s1. The zero-order valence-electron chi connectivity index (χ0n) is 6.47. The highest BCUT2D eigenvalue weighted by atomic mass is 79.9. The number of fused-ring (bicyclic) bond motifs is 1. The number of terminal acetylenes is 1. The maximum absolute atomic E-state index is 5.34. The first-order valence-electron chi connectivity index (χ1n) is 3.56. The van der Waals surface area contributed by atoms with E-state index in [1.54, 1.807) is 11.3 Å². The predicted molar refractivity (Wildman–Crippen MR) is 65.2 cm³/mol. The van der Waals surface area contributed by atoms with E-state index in [2.05, 4.69) is 37.8 Å². The molecule has 0 atom stereocenters. The van der Waals surface area contributed by atoms with Crippen molar-refractivity contribution in [2.75, 3.05) is 0 Å².